The Bertz CT molecular complexity index is 604. The standard InChI is InChI=1S/C15H12Cl2F2/c1-8-4-3-5-9(2)14(8)15(17)10-6-12(18)13(19)7-11(10)16/h3-7,15H,1-2H3. The third kappa shape index (κ3) is 2.75. The maximum atomic E-state index is 13.3. The molecule has 0 aliphatic heterocycles. The summed E-state index contributed by atoms with van der Waals surface area (Å²) in [6, 6.07) is 7.78. The van der Waals surface area contributed by atoms with Crippen molar-refractivity contribution >= 4 is 23.2 Å². The van der Waals surface area contributed by atoms with E-state index in [1.165, 1.54) is 0 Å². The first-order chi connectivity index (χ1) is 8.91. The van der Waals surface area contributed by atoms with Crippen molar-refractivity contribution in [3.05, 3.63) is 69.2 Å². The summed E-state index contributed by atoms with van der Waals surface area (Å²) in [6.45, 7) is 3.84. The molecule has 19 heavy (non-hydrogen) atoms. The van der Waals surface area contributed by atoms with Gasteiger partial charge in [0.05, 0.1) is 5.38 Å². The van der Waals surface area contributed by atoms with E-state index in [0.717, 1.165) is 28.8 Å². The predicted octanol–water partition coefficient (Wildman–Crippen LogP) is 5.56. The number of hydrogen-bond acceptors (Lipinski definition) is 0. The molecule has 4 heteroatoms. The number of benzene rings is 2. The van der Waals surface area contributed by atoms with Crippen molar-refractivity contribution in [3.8, 4) is 0 Å². The predicted molar refractivity (Wildman–Crippen MR) is 75.0 cm³/mol. The van der Waals surface area contributed by atoms with Crippen LogP contribution in [0, 0.1) is 25.5 Å². The molecular formula is C15H12Cl2F2. The summed E-state index contributed by atoms with van der Waals surface area (Å²) in [6.07, 6.45) is 0. The van der Waals surface area contributed by atoms with Gasteiger partial charge in [0.1, 0.15) is 0 Å². The molecule has 0 heterocycles. The minimum absolute atomic E-state index is 0.126. The average Bonchev–Trinajstić information content (AvgIpc) is 2.33. The summed E-state index contributed by atoms with van der Waals surface area (Å²) in [5.41, 5.74) is 3.22. The smallest absolute Gasteiger partial charge is 0.160 e. The van der Waals surface area contributed by atoms with Crippen LogP contribution in [0.15, 0.2) is 30.3 Å². The fourth-order valence-electron chi connectivity index (χ4n) is 2.11. The fraction of sp³-hybridized carbons (Fsp3) is 0.200. The topological polar surface area (TPSA) is 0 Å². The third-order valence-corrected chi connectivity index (χ3v) is 3.89. The van der Waals surface area contributed by atoms with E-state index in [-0.39, 0.29) is 5.02 Å². The molecule has 1 unspecified atom stereocenters. The molecule has 0 aliphatic carbocycles. The van der Waals surface area contributed by atoms with Crippen LogP contribution in [-0.4, -0.2) is 0 Å². The monoisotopic (exact) mass is 300 g/mol. The van der Waals surface area contributed by atoms with Gasteiger partial charge >= 0.3 is 0 Å². The zero-order chi connectivity index (χ0) is 14.2. The molecule has 0 saturated carbocycles. The van der Waals surface area contributed by atoms with Gasteiger partial charge < -0.3 is 0 Å². The van der Waals surface area contributed by atoms with E-state index in [1.807, 2.05) is 32.0 Å². The molecule has 0 N–H and O–H groups in total. The summed E-state index contributed by atoms with van der Waals surface area (Å²) in [7, 11) is 0. The number of halogens is 4. The summed E-state index contributed by atoms with van der Waals surface area (Å²) >= 11 is 12.4. The molecule has 0 spiro atoms. The molecule has 0 fully saturated rings. The molecule has 2 aromatic rings. The Balaban J connectivity index is 2.56. The second kappa shape index (κ2) is 5.48. The minimum atomic E-state index is -0.973. The molecule has 1 atom stereocenters. The van der Waals surface area contributed by atoms with E-state index in [4.69, 9.17) is 23.2 Å². The van der Waals surface area contributed by atoms with E-state index >= 15 is 0 Å². The van der Waals surface area contributed by atoms with Crippen molar-refractivity contribution in [2.24, 2.45) is 0 Å². The van der Waals surface area contributed by atoms with Gasteiger partial charge in [-0.2, -0.15) is 0 Å². The van der Waals surface area contributed by atoms with Gasteiger partial charge in [-0.25, -0.2) is 8.78 Å². The van der Waals surface area contributed by atoms with Crippen LogP contribution >= 0.6 is 23.2 Å². The van der Waals surface area contributed by atoms with Crippen LogP contribution < -0.4 is 0 Å². The second-order valence-electron chi connectivity index (χ2n) is 4.46. The number of rotatable bonds is 2. The van der Waals surface area contributed by atoms with Crippen molar-refractivity contribution in [1.82, 2.24) is 0 Å². The van der Waals surface area contributed by atoms with E-state index < -0.39 is 17.0 Å². The highest BCUT2D eigenvalue weighted by Crippen LogP contribution is 2.37. The van der Waals surface area contributed by atoms with Gasteiger partial charge in [-0.3, -0.25) is 0 Å². The first-order valence-corrected chi connectivity index (χ1v) is 6.58. The van der Waals surface area contributed by atoms with Gasteiger partial charge in [-0.15, -0.1) is 11.6 Å². The number of aryl methyl sites for hydroxylation is 2. The zero-order valence-corrected chi connectivity index (χ0v) is 12.0. The first-order valence-electron chi connectivity index (χ1n) is 5.76. The lowest BCUT2D eigenvalue weighted by Gasteiger charge is -2.17. The second-order valence-corrected chi connectivity index (χ2v) is 5.30. The molecule has 0 saturated heterocycles. The van der Waals surface area contributed by atoms with E-state index in [0.29, 0.717) is 5.56 Å². The lowest BCUT2D eigenvalue weighted by molar-refractivity contribution is 0.507. The fourth-order valence-corrected chi connectivity index (χ4v) is 2.95. The SMILES string of the molecule is Cc1cccc(C)c1C(Cl)c1cc(F)c(F)cc1Cl. The molecular weight excluding hydrogens is 289 g/mol. The quantitative estimate of drug-likeness (QED) is 0.503. The largest absolute Gasteiger partial charge is 0.204 e. The van der Waals surface area contributed by atoms with E-state index in [1.54, 1.807) is 0 Å². The lowest BCUT2D eigenvalue weighted by Crippen LogP contribution is -2.01. The number of alkyl halides is 1. The van der Waals surface area contributed by atoms with Gasteiger partial charge in [-0.1, -0.05) is 29.8 Å². The molecule has 0 aliphatic rings. The maximum absolute atomic E-state index is 13.3. The molecule has 0 radical (unpaired) electrons. The van der Waals surface area contributed by atoms with Crippen LogP contribution in [0.4, 0.5) is 8.78 Å². The van der Waals surface area contributed by atoms with Crippen LogP contribution in [0.2, 0.25) is 5.02 Å². The average molecular weight is 301 g/mol. The maximum Gasteiger partial charge on any atom is 0.160 e. The van der Waals surface area contributed by atoms with Crippen LogP contribution in [0.25, 0.3) is 0 Å². The molecule has 2 aromatic carbocycles. The Labute approximate surface area is 121 Å². The van der Waals surface area contributed by atoms with Crippen LogP contribution in [0.5, 0.6) is 0 Å². The molecule has 0 nitrogen and oxygen atoms in total. The highest BCUT2D eigenvalue weighted by Gasteiger charge is 2.20. The van der Waals surface area contributed by atoms with Gasteiger partial charge in [0, 0.05) is 5.02 Å². The van der Waals surface area contributed by atoms with Crippen molar-refractivity contribution in [2.45, 2.75) is 19.2 Å². The Kier molecular flexibility index (Phi) is 4.12. The van der Waals surface area contributed by atoms with Crippen molar-refractivity contribution in [1.29, 1.82) is 0 Å². The molecule has 0 bridgehead atoms. The van der Waals surface area contributed by atoms with Crippen molar-refractivity contribution < 1.29 is 8.78 Å². The lowest BCUT2D eigenvalue weighted by atomic mass is 9.95. The summed E-state index contributed by atoms with van der Waals surface area (Å²) in [5.74, 6) is -1.92. The van der Waals surface area contributed by atoms with Crippen LogP contribution in [-0.2, 0) is 0 Å². The van der Waals surface area contributed by atoms with Crippen molar-refractivity contribution in [3.63, 3.8) is 0 Å². The first kappa shape index (κ1) is 14.3. The highest BCUT2D eigenvalue weighted by atomic mass is 35.5. The Hall–Kier alpha value is -1.12. The summed E-state index contributed by atoms with van der Waals surface area (Å²) in [5, 5.41) is -0.481. The molecule has 100 valence electrons. The number of hydrogen-bond donors (Lipinski definition) is 0. The Morgan fingerprint density at radius 3 is 2.11 bits per heavy atom. The van der Waals surface area contributed by atoms with Gasteiger partial charge in [-0.05, 0) is 48.2 Å². The van der Waals surface area contributed by atoms with Gasteiger partial charge in [0.2, 0.25) is 0 Å². The van der Waals surface area contributed by atoms with E-state index in [2.05, 4.69) is 0 Å². The minimum Gasteiger partial charge on any atom is -0.204 e. The molecule has 0 amide bonds. The van der Waals surface area contributed by atoms with Crippen LogP contribution in [0.1, 0.15) is 27.6 Å². The third-order valence-electron chi connectivity index (χ3n) is 3.11. The zero-order valence-electron chi connectivity index (χ0n) is 10.5. The highest BCUT2D eigenvalue weighted by molar-refractivity contribution is 6.33. The van der Waals surface area contributed by atoms with E-state index in [9.17, 15) is 8.78 Å². The normalized spacial score (nSPS) is 12.5. The Morgan fingerprint density at radius 1 is 1.00 bits per heavy atom. The molecule has 2 rings (SSSR count). The van der Waals surface area contributed by atoms with Gasteiger partial charge in [0.25, 0.3) is 0 Å². The summed E-state index contributed by atoms with van der Waals surface area (Å²) < 4.78 is 26.4. The Morgan fingerprint density at radius 2 is 1.53 bits per heavy atom. The molecule has 0 aromatic heterocycles. The van der Waals surface area contributed by atoms with Crippen LogP contribution in [0.3, 0.4) is 0 Å². The summed E-state index contributed by atoms with van der Waals surface area (Å²) in [4.78, 5) is 0. The van der Waals surface area contributed by atoms with Crippen molar-refractivity contribution in [2.75, 3.05) is 0 Å². The van der Waals surface area contributed by atoms with Gasteiger partial charge in [0.15, 0.2) is 11.6 Å².